The van der Waals surface area contributed by atoms with E-state index in [0.717, 1.165) is 0 Å². The van der Waals surface area contributed by atoms with Crippen molar-refractivity contribution in [2.45, 2.75) is 13.8 Å². The van der Waals surface area contributed by atoms with Crippen LogP contribution in [0, 0.1) is 5.92 Å². The van der Waals surface area contributed by atoms with Crippen molar-refractivity contribution in [1.82, 2.24) is 10.6 Å². The topological polar surface area (TPSA) is 82.3 Å². The Bertz CT molecular complexity index is 462. The second-order valence-corrected chi connectivity index (χ2v) is 4.51. The maximum Gasteiger partial charge on any atom is 0.319 e. The fraction of sp³-hybridized carbons (Fsp3) is 0.429. The molecule has 0 radical (unpaired) electrons. The molecule has 0 heterocycles. The molecule has 0 fully saturated rings. The molecular weight excluding hydrogens is 256 g/mol. The Morgan fingerprint density at radius 3 is 2.45 bits per heavy atom. The fourth-order valence-corrected chi connectivity index (χ4v) is 1.67. The van der Waals surface area contributed by atoms with Crippen molar-refractivity contribution in [3.8, 4) is 0 Å². The molecule has 0 bridgehead atoms. The van der Waals surface area contributed by atoms with E-state index >= 15 is 0 Å². The van der Waals surface area contributed by atoms with Crippen LogP contribution >= 0.6 is 0 Å². The molecule has 0 aromatic heterocycles. The third kappa shape index (κ3) is 5.27. The molecule has 0 aliphatic carbocycles. The molecule has 0 aliphatic heterocycles. The summed E-state index contributed by atoms with van der Waals surface area (Å²) in [6.45, 7) is 4.87. The summed E-state index contributed by atoms with van der Waals surface area (Å²) in [5.41, 5.74) is 1.29. The first kappa shape index (κ1) is 16.0. The van der Waals surface area contributed by atoms with Crippen LogP contribution in [-0.2, 0) is 4.79 Å². The van der Waals surface area contributed by atoms with E-state index in [1.54, 1.807) is 31.3 Å². The second kappa shape index (κ2) is 8.16. The quantitative estimate of drug-likeness (QED) is 0.638. The van der Waals surface area contributed by atoms with Gasteiger partial charge in [0.1, 0.15) is 0 Å². The SMILES string of the molecule is CCNC(=O)Nc1cccc(NC(=O)C(C)CNC)c1. The van der Waals surface area contributed by atoms with Gasteiger partial charge in [-0.15, -0.1) is 0 Å². The fourth-order valence-electron chi connectivity index (χ4n) is 1.67. The highest BCUT2D eigenvalue weighted by atomic mass is 16.2. The highest BCUT2D eigenvalue weighted by Crippen LogP contribution is 2.15. The molecule has 1 rings (SSSR count). The number of carbonyl (C=O) groups is 2. The summed E-state index contributed by atoms with van der Waals surface area (Å²) in [6, 6.07) is 6.79. The number of hydrogen-bond donors (Lipinski definition) is 4. The molecule has 0 spiro atoms. The third-order valence-corrected chi connectivity index (χ3v) is 2.68. The highest BCUT2D eigenvalue weighted by molar-refractivity contribution is 5.94. The third-order valence-electron chi connectivity index (χ3n) is 2.68. The van der Waals surface area contributed by atoms with Gasteiger partial charge in [-0.25, -0.2) is 4.79 Å². The monoisotopic (exact) mass is 278 g/mol. The predicted molar refractivity (Wildman–Crippen MR) is 80.9 cm³/mol. The van der Waals surface area contributed by atoms with Crippen LogP contribution in [0.2, 0.25) is 0 Å². The Balaban J connectivity index is 2.63. The molecule has 20 heavy (non-hydrogen) atoms. The Hall–Kier alpha value is -2.08. The molecule has 3 amide bonds. The van der Waals surface area contributed by atoms with Gasteiger partial charge >= 0.3 is 6.03 Å². The number of anilines is 2. The zero-order chi connectivity index (χ0) is 15.0. The molecule has 6 nitrogen and oxygen atoms in total. The van der Waals surface area contributed by atoms with E-state index in [9.17, 15) is 9.59 Å². The van der Waals surface area contributed by atoms with Crippen molar-refractivity contribution in [2.75, 3.05) is 30.8 Å². The van der Waals surface area contributed by atoms with Crippen molar-refractivity contribution in [2.24, 2.45) is 5.92 Å². The van der Waals surface area contributed by atoms with E-state index in [1.165, 1.54) is 0 Å². The van der Waals surface area contributed by atoms with Crippen LogP contribution in [0.15, 0.2) is 24.3 Å². The highest BCUT2D eigenvalue weighted by Gasteiger charge is 2.12. The molecule has 0 saturated carbocycles. The van der Waals surface area contributed by atoms with Crippen molar-refractivity contribution in [3.63, 3.8) is 0 Å². The van der Waals surface area contributed by atoms with Crippen LogP contribution in [0.1, 0.15) is 13.8 Å². The van der Waals surface area contributed by atoms with Gasteiger partial charge in [-0.1, -0.05) is 13.0 Å². The number of amides is 3. The average Bonchev–Trinajstić information content (AvgIpc) is 2.39. The lowest BCUT2D eigenvalue weighted by molar-refractivity contribution is -0.119. The van der Waals surface area contributed by atoms with Gasteiger partial charge in [0.25, 0.3) is 0 Å². The Morgan fingerprint density at radius 2 is 1.85 bits per heavy atom. The first-order valence-electron chi connectivity index (χ1n) is 6.67. The summed E-state index contributed by atoms with van der Waals surface area (Å²) < 4.78 is 0. The number of urea groups is 1. The molecule has 1 aromatic rings. The molecule has 0 saturated heterocycles. The smallest absolute Gasteiger partial charge is 0.319 e. The van der Waals surface area contributed by atoms with Gasteiger partial charge in [-0.3, -0.25) is 4.79 Å². The zero-order valence-electron chi connectivity index (χ0n) is 12.1. The number of rotatable bonds is 6. The second-order valence-electron chi connectivity index (χ2n) is 4.51. The lowest BCUT2D eigenvalue weighted by Gasteiger charge is -2.12. The van der Waals surface area contributed by atoms with Gasteiger partial charge in [-0.2, -0.15) is 0 Å². The summed E-state index contributed by atoms with van der Waals surface area (Å²) in [5.74, 6) is -0.186. The van der Waals surface area contributed by atoms with Crippen molar-refractivity contribution < 1.29 is 9.59 Å². The van der Waals surface area contributed by atoms with Crippen LogP contribution in [0.3, 0.4) is 0 Å². The predicted octanol–water partition coefficient (Wildman–Crippen LogP) is 1.62. The van der Waals surface area contributed by atoms with Crippen molar-refractivity contribution in [1.29, 1.82) is 0 Å². The van der Waals surface area contributed by atoms with Crippen LogP contribution < -0.4 is 21.3 Å². The summed E-state index contributed by atoms with van der Waals surface area (Å²) in [4.78, 5) is 23.3. The number of nitrogens with one attached hydrogen (secondary N) is 4. The minimum absolute atomic E-state index is 0.0606. The van der Waals surface area contributed by atoms with E-state index < -0.39 is 0 Å². The van der Waals surface area contributed by atoms with Gasteiger partial charge in [0.15, 0.2) is 0 Å². The molecule has 0 aliphatic rings. The molecule has 110 valence electrons. The van der Waals surface area contributed by atoms with E-state index in [2.05, 4.69) is 21.3 Å². The molecule has 6 heteroatoms. The van der Waals surface area contributed by atoms with E-state index in [4.69, 9.17) is 0 Å². The van der Waals surface area contributed by atoms with E-state index in [0.29, 0.717) is 24.5 Å². The van der Waals surface area contributed by atoms with E-state index in [1.807, 2.05) is 13.8 Å². The number of carbonyl (C=O) groups excluding carboxylic acids is 2. The Kier molecular flexibility index (Phi) is 6.52. The van der Waals surface area contributed by atoms with Crippen molar-refractivity contribution >= 4 is 23.3 Å². The maximum absolute atomic E-state index is 11.9. The lowest BCUT2D eigenvalue weighted by atomic mass is 10.1. The first-order valence-corrected chi connectivity index (χ1v) is 6.67. The van der Waals surface area contributed by atoms with Crippen LogP contribution in [0.25, 0.3) is 0 Å². The van der Waals surface area contributed by atoms with Crippen molar-refractivity contribution in [3.05, 3.63) is 24.3 Å². The van der Waals surface area contributed by atoms with Crippen LogP contribution in [0.5, 0.6) is 0 Å². The molecule has 4 N–H and O–H groups in total. The minimum atomic E-state index is -0.264. The minimum Gasteiger partial charge on any atom is -0.338 e. The normalized spacial score (nSPS) is 11.6. The standard InChI is InChI=1S/C14H22N4O2/c1-4-16-14(20)18-12-7-5-6-11(8-12)17-13(19)10(2)9-15-3/h5-8,10,15H,4,9H2,1-3H3,(H,17,19)(H2,16,18,20). The Labute approximate surface area is 119 Å². The van der Waals surface area contributed by atoms with Gasteiger partial charge in [0.2, 0.25) is 5.91 Å². The summed E-state index contributed by atoms with van der Waals surface area (Å²) in [7, 11) is 1.81. The largest absolute Gasteiger partial charge is 0.338 e. The van der Waals surface area contributed by atoms with Gasteiger partial charge in [0.05, 0.1) is 0 Å². The molecular formula is C14H22N4O2. The maximum atomic E-state index is 11.9. The summed E-state index contributed by atoms with van der Waals surface area (Å²) in [5, 5.41) is 11.1. The zero-order valence-corrected chi connectivity index (χ0v) is 12.1. The van der Waals surface area contributed by atoms with Crippen LogP contribution in [0.4, 0.5) is 16.2 Å². The average molecular weight is 278 g/mol. The molecule has 1 unspecified atom stereocenters. The van der Waals surface area contributed by atoms with Gasteiger partial charge in [0, 0.05) is 30.4 Å². The van der Waals surface area contributed by atoms with Gasteiger partial charge in [-0.05, 0) is 32.2 Å². The van der Waals surface area contributed by atoms with Crippen LogP contribution in [-0.4, -0.2) is 32.1 Å². The lowest BCUT2D eigenvalue weighted by Crippen LogP contribution is -2.29. The number of hydrogen-bond acceptors (Lipinski definition) is 3. The van der Waals surface area contributed by atoms with E-state index in [-0.39, 0.29) is 17.9 Å². The summed E-state index contributed by atoms with van der Waals surface area (Å²) in [6.07, 6.45) is 0. The molecule has 1 atom stereocenters. The molecule has 1 aromatic carbocycles. The first-order chi connectivity index (χ1) is 9.56. The Morgan fingerprint density at radius 1 is 1.20 bits per heavy atom. The summed E-state index contributed by atoms with van der Waals surface area (Å²) >= 11 is 0. The van der Waals surface area contributed by atoms with Gasteiger partial charge < -0.3 is 21.3 Å². The number of benzene rings is 1.